The average molecular weight is 286 g/mol. The molecule has 108 valence electrons. The Bertz CT molecular complexity index is 657. The molecular formula is C16H15FN2O2. The SMILES string of the molecule is O=[N+]([O-])c1cc(NC(c2ccccc2)C2CC2)ccc1F. The monoisotopic (exact) mass is 286 g/mol. The van der Waals surface area contributed by atoms with E-state index < -0.39 is 16.4 Å². The maximum absolute atomic E-state index is 13.4. The number of nitro benzene ring substituents is 1. The Balaban J connectivity index is 1.87. The molecule has 0 aliphatic heterocycles. The van der Waals surface area contributed by atoms with Crippen molar-refractivity contribution in [3.05, 3.63) is 70.0 Å². The van der Waals surface area contributed by atoms with Crippen LogP contribution < -0.4 is 5.32 Å². The molecule has 21 heavy (non-hydrogen) atoms. The molecule has 0 radical (unpaired) electrons. The van der Waals surface area contributed by atoms with E-state index in [0.717, 1.165) is 24.5 Å². The zero-order chi connectivity index (χ0) is 14.8. The first-order valence-corrected chi connectivity index (χ1v) is 6.90. The van der Waals surface area contributed by atoms with Crippen LogP contribution in [0.25, 0.3) is 0 Å². The molecule has 0 amide bonds. The molecule has 0 heterocycles. The van der Waals surface area contributed by atoms with E-state index in [9.17, 15) is 14.5 Å². The summed E-state index contributed by atoms with van der Waals surface area (Å²) in [6.45, 7) is 0. The minimum absolute atomic E-state index is 0.108. The average Bonchev–Trinajstić information content (AvgIpc) is 3.31. The predicted octanol–water partition coefficient (Wildman–Crippen LogP) is 4.30. The zero-order valence-electron chi connectivity index (χ0n) is 11.3. The lowest BCUT2D eigenvalue weighted by atomic mass is 10.0. The smallest absolute Gasteiger partial charge is 0.306 e. The number of rotatable bonds is 5. The number of benzene rings is 2. The molecule has 0 bridgehead atoms. The van der Waals surface area contributed by atoms with Gasteiger partial charge in [-0.3, -0.25) is 10.1 Å². The van der Waals surface area contributed by atoms with Gasteiger partial charge in [-0.2, -0.15) is 4.39 Å². The summed E-state index contributed by atoms with van der Waals surface area (Å²) in [7, 11) is 0. The fourth-order valence-corrected chi connectivity index (χ4v) is 2.49. The Kier molecular flexibility index (Phi) is 3.56. The lowest BCUT2D eigenvalue weighted by Crippen LogP contribution is -2.13. The van der Waals surface area contributed by atoms with E-state index in [-0.39, 0.29) is 6.04 Å². The highest BCUT2D eigenvalue weighted by Gasteiger charge is 2.32. The van der Waals surface area contributed by atoms with Gasteiger partial charge >= 0.3 is 5.69 Å². The maximum Gasteiger partial charge on any atom is 0.306 e. The van der Waals surface area contributed by atoms with E-state index in [1.165, 1.54) is 6.07 Å². The van der Waals surface area contributed by atoms with Crippen LogP contribution in [-0.4, -0.2) is 4.92 Å². The fraction of sp³-hybridized carbons (Fsp3) is 0.250. The Labute approximate surface area is 121 Å². The van der Waals surface area contributed by atoms with Crippen molar-refractivity contribution in [3.63, 3.8) is 0 Å². The zero-order valence-corrected chi connectivity index (χ0v) is 11.3. The van der Waals surface area contributed by atoms with Crippen LogP contribution in [0.2, 0.25) is 0 Å². The summed E-state index contributed by atoms with van der Waals surface area (Å²) >= 11 is 0. The number of hydrogen-bond donors (Lipinski definition) is 1. The second kappa shape index (κ2) is 5.52. The van der Waals surface area contributed by atoms with Gasteiger partial charge in [-0.15, -0.1) is 0 Å². The summed E-state index contributed by atoms with van der Waals surface area (Å²) in [5, 5.41) is 14.1. The summed E-state index contributed by atoms with van der Waals surface area (Å²) in [6, 6.07) is 14.0. The van der Waals surface area contributed by atoms with Crippen LogP contribution in [0.5, 0.6) is 0 Å². The molecule has 1 N–H and O–H groups in total. The fourth-order valence-electron chi connectivity index (χ4n) is 2.49. The van der Waals surface area contributed by atoms with Gasteiger partial charge in [-0.25, -0.2) is 0 Å². The molecule has 2 aromatic rings. The topological polar surface area (TPSA) is 55.2 Å². The van der Waals surface area contributed by atoms with Crippen molar-refractivity contribution < 1.29 is 9.31 Å². The number of hydrogen-bond acceptors (Lipinski definition) is 3. The van der Waals surface area contributed by atoms with Gasteiger partial charge in [0, 0.05) is 11.8 Å². The molecule has 1 aliphatic carbocycles. The third-order valence-corrected chi connectivity index (χ3v) is 3.72. The van der Waals surface area contributed by atoms with E-state index in [1.807, 2.05) is 30.3 Å². The molecule has 1 atom stereocenters. The highest BCUT2D eigenvalue weighted by molar-refractivity contribution is 5.53. The molecule has 0 saturated heterocycles. The first-order valence-electron chi connectivity index (χ1n) is 6.90. The normalized spacial score (nSPS) is 15.5. The summed E-state index contributed by atoms with van der Waals surface area (Å²) in [5.41, 5.74) is 1.22. The summed E-state index contributed by atoms with van der Waals surface area (Å²) < 4.78 is 13.4. The van der Waals surface area contributed by atoms with Crippen molar-refractivity contribution in [2.75, 3.05) is 5.32 Å². The number of halogens is 1. The molecule has 0 spiro atoms. The summed E-state index contributed by atoms with van der Waals surface area (Å²) in [5.74, 6) is -0.287. The minimum Gasteiger partial charge on any atom is -0.378 e. The second-order valence-electron chi connectivity index (χ2n) is 5.29. The van der Waals surface area contributed by atoms with Crippen LogP contribution in [0.15, 0.2) is 48.5 Å². The van der Waals surface area contributed by atoms with Crippen molar-refractivity contribution in [2.24, 2.45) is 5.92 Å². The third kappa shape index (κ3) is 3.02. The van der Waals surface area contributed by atoms with Crippen molar-refractivity contribution in [2.45, 2.75) is 18.9 Å². The Morgan fingerprint density at radius 1 is 1.19 bits per heavy atom. The largest absolute Gasteiger partial charge is 0.378 e. The lowest BCUT2D eigenvalue weighted by Gasteiger charge is -2.20. The molecule has 5 heteroatoms. The van der Waals surface area contributed by atoms with Crippen LogP contribution in [-0.2, 0) is 0 Å². The molecule has 0 aromatic heterocycles. The van der Waals surface area contributed by atoms with Gasteiger partial charge in [0.05, 0.1) is 11.0 Å². The highest BCUT2D eigenvalue weighted by Crippen LogP contribution is 2.43. The number of nitro groups is 1. The highest BCUT2D eigenvalue weighted by atomic mass is 19.1. The number of anilines is 1. The van der Waals surface area contributed by atoms with E-state index in [4.69, 9.17) is 0 Å². The van der Waals surface area contributed by atoms with Crippen LogP contribution in [0.1, 0.15) is 24.4 Å². The Morgan fingerprint density at radius 2 is 1.90 bits per heavy atom. The van der Waals surface area contributed by atoms with E-state index >= 15 is 0 Å². The van der Waals surface area contributed by atoms with Gasteiger partial charge in [-0.05, 0) is 36.5 Å². The molecule has 3 rings (SSSR count). The summed E-state index contributed by atoms with van der Waals surface area (Å²) in [6.07, 6.45) is 2.27. The first kappa shape index (κ1) is 13.5. The van der Waals surface area contributed by atoms with Crippen LogP contribution in [0.4, 0.5) is 15.8 Å². The van der Waals surface area contributed by atoms with E-state index in [0.29, 0.717) is 11.6 Å². The van der Waals surface area contributed by atoms with Gasteiger partial charge in [0.15, 0.2) is 0 Å². The summed E-state index contributed by atoms with van der Waals surface area (Å²) in [4.78, 5) is 10.1. The molecule has 4 nitrogen and oxygen atoms in total. The van der Waals surface area contributed by atoms with Gasteiger partial charge in [0.1, 0.15) is 0 Å². The third-order valence-electron chi connectivity index (χ3n) is 3.72. The second-order valence-corrected chi connectivity index (χ2v) is 5.29. The standard InChI is InChI=1S/C16H15FN2O2/c17-14-9-8-13(10-15(14)19(20)21)18-16(12-6-7-12)11-4-2-1-3-5-11/h1-5,8-10,12,16,18H,6-7H2. The molecule has 2 aromatic carbocycles. The molecular weight excluding hydrogens is 271 g/mol. The van der Waals surface area contributed by atoms with Crippen molar-refractivity contribution in [3.8, 4) is 0 Å². The maximum atomic E-state index is 13.4. The first-order chi connectivity index (χ1) is 10.1. The van der Waals surface area contributed by atoms with Crippen LogP contribution in [0.3, 0.4) is 0 Å². The quantitative estimate of drug-likeness (QED) is 0.658. The van der Waals surface area contributed by atoms with Gasteiger partial charge in [0.25, 0.3) is 0 Å². The van der Waals surface area contributed by atoms with Gasteiger partial charge < -0.3 is 5.32 Å². The molecule has 1 unspecified atom stereocenters. The van der Waals surface area contributed by atoms with Gasteiger partial charge in [0.2, 0.25) is 5.82 Å². The molecule has 1 aliphatic rings. The van der Waals surface area contributed by atoms with Crippen LogP contribution >= 0.6 is 0 Å². The van der Waals surface area contributed by atoms with Crippen molar-refractivity contribution in [1.29, 1.82) is 0 Å². The van der Waals surface area contributed by atoms with Gasteiger partial charge in [-0.1, -0.05) is 30.3 Å². The van der Waals surface area contributed by atoms with E-state index in [1.54, 1.807) is 6.07 Å². The van der Waals surface area contributed by atoms with E-state index in [2.05, 4.69) is 5.32 Å². The molecule has 1 saturated carbocycles. The Morgan fingerprint density at radius 3 is 2.52 bits per heavy atom. The molecule has 1 fully saturated rings. The predicted molar refractivity (Wildman–Crippen MR) is 78.6 cm³/mol. The minimum atomic E-state index is -0.812. The van der Waals surface area contributed by atoms with Crippen molar-refractivity contribution >= 4 is 11.4 Å². The van der Waals surface area contributed by atoms with Crippen molar-refractivity contribution in [1.82, 2.24) is 0 Å². The van der Waals surface area contributed by atoms with Crippen LogP contribution in [0, 0.1) is 21.8 Å². The Hall–Kier alpha value is -2.43. The number of nitrogens with one attached hydrogen (secondary N) is 1. The lowest BCUT2D eigenvalue weighted by molar-refractivity contribution is -0.387. The number of nitrogens with zero attached hydrogens (tertiary/aromatic N) is 1.